The van der Waals surface area contributed by atoms with E-state index in [1.807, 2.05) is 24.4 Å². The number of rotatable bonds is 5. The number of H-pyrrole nitrogens is 1. The van der Waals surface area contributed by atoms with Gasteiger partial charge in [-0.1, -0.05) is 6.07 Å². The first-order chi connectivity index (χ1) is 15.2. The molecule has 4 heterocycles. The van der Waals surface area contributed by atoms with Crippen LogP contribution in [0.2, 0.25) is 0 Å². The van der Waals surface area contributed by atoms with Gasteiger partial charge in [0.1, 0.15) is 12.1 Å². The van der Waals surface area contributed by atoms with E-state index in [0.717, 1.165) is 54.3 Å². The van der Waals surface area contributed by atoms with Crippen LogP contribution < -0.4 is 5.32 Å². The Bertz CT molecular complexity index is 1160. The van der Waals surface area contributed by atoms with Crippen molar-refractivity contribution >= 4 is 22.8 Å². The lowest BCUT2D eigenvalue weighted by Gasteiger charge is -2.36. The molecule has 1 aromatic carbocycles. The molecule has 31 heavy (non-hydrogen) atoms. The lowest BCUT2D eigenvalue weighted by molar-refractivity contribution is 0.119. The number of fused-ring (bicyclic) bond motifs is 1. The van der Waals surface area contributed by atoms with Gasteiger partial charge in [0, 0.05) is 50.2 Å². The molecule has 5 rings (SSSR count). The summed E-state index contributed by atoms with van der Waals surface area (Å²) >= 11 is 0. The fourth-order valence-electron chi connectivity index (χ4n) is 4.01. The number of hydrogen-bond acceptors (Lipinski definition) is 7. The summed E-state index contributed by atoms with van der Waals surface area (Å²) in [7, 11) is 2.18. The molecule has 1 unspecified atom stereocenters. The van der Waals surface area contributed by atoms with Crippen LogP contribution in [0.4, 0.5) is 11.8 Å². The number of benzene rings is 1. The van der Waals surface area contributed by atoms with Crippen molar-refractivity contribution < 1.29 is 0 Å². The van der Waals surface area contributed by atoms with Crippen LogP contribution in [0.25, 0.3) is 22.3 Å². The van der Waals surface area contributed by atoms with Crippen molar-refractivity contribution in [1.29, 1.82) is 0 Å². The third kappa shape index (κ3) is 4.26. The highest BCUT2D eigenvalue weighted by Gasteiger charge is 2.20. The number of hydrogen-bond donors (Lipinski definition) is 2. The van der Waals surface area contributed by atoms with Crippen LogP contribution in [-0.4, -0.2) is 67.9 Å². The molecule has 1 aliphatic heterocycles. The van der Waals surface area contributed by atoms with Crippen LogP contribution in [0.3, 0.4) is 0 Å². The van der Waals surface area contributed by atoms with Gasteiger partial charge in [-0.3, -0.25) is 4.90 Å². The maximum absolute atomic E-state index is 4.66. The minimum atomic E-state index is 0.350. The van der Waals surface area contributed by atoms with Gasteiger partial charge in [-0.25, -0.2) is 19.9 Å². The van der Waals surface area contributed by atoms with Crippen LogP contribution >= 0.6 is 0 Å². The Hall–Kier alpha value is -3.36. The van der Waals surface area contributed by atoms with E-state index in [1.54, 1.807) is 12.5 Å². The smallest absolute Gasteiger partial charge is 0.206 e. The van der Waals surface area contributed by atoms with E-state index in [0.29, 0.717) is 12.0 Å². The largest absolute Gasteiger partial charge is 0.324 e. The molecular weight excluding hydrogens is 388 g/mol. The summed E-state index contributed by atoms with van der Waals surface area (Å²) in [4.78, 5) is 25.7. The molecule has 0 bridgehead atoms. The van der Waals surface area contributed by atoms with Gasteiger partial charge in [0.25, 0.3) is 0 Å². The summed E-state index contributed by atoms with van der Waals surface area (Å²) in [6.07, 6.45) is 5.16. The number of likely N-dealkylation sites (N-methyl/N-ethyl adjacent to an activating group) is 1. The number of pyridine rings is 1. The van der Waals surface area contributed by atoms with E-state index >= 15 is 0 Å². The fraction of sp³-hybridized carbons (Fsp3) is 0.304. The standard InChI is InChI=1S/C23H26N8/c1-16(31-11-9-30(2)10-12-31)17-5-8-25-22(14-17)29-23-27-20-4-3-18(13-21(20)28-23)19-6-7-24-15-26-19/h3-8,13-16H,9-12H2,1-2H3,(H2,25,27,28,29). The first-order valence-electron chi connectivity index (χ1n) is 10.6. The first kappa shape index (κ1) is 19.6. The van der Waals surface area contributed by atoms with Gasteiger partial charge < -0.3 is 15.2 Å². The summed E-state index contributed by atoms with van der Waals surface area (Å²) < 4.78 is 0. The van der Waals surface area contributed by atoms with E-state index in [1.165, 1.54) is 5.56 Å². The molecular formula is C23H26N8. The minimum absolute atomic E-state index is 0.350. The second-order valence-corrected chi connectivity index (χ2v) is 8.03. The molecule has 0 aliphatic carbocycles. The fourth-order valence-corrected chi connectivity index (χ4v) is 4.01. The normalized spacial score (nSPS) is 16.5. The average molecular weight is 415 g/mol. The topological polar surface area (TPSA) is 85.9 Å². The average Bonchev–Trinajstić information content (AvgIpc) is 3.21. The summed E-state index contributed by atoms with van der Waals surface area (Å²) in [5.74, 6) is 1.46. The Labute approximate surface area is 181 Å². The zero-order valence-corrected chi connectivity index (χ0v) is 17.8. The van der Waals surface area contributed by atoms with E-state index in [9.17, 15) is 0 Å². The molecule has 0 spiro atoms. The summed E-state index contributed by atoms with van der Waals surface area (Å²) in [5, 5.41) is 3.33. The monoisotopic (exact) mass is 414 g/mol. The highest BCUT2D eigenvalue weighted by atomic mass is 15.3. The van der Waals surface area contributed by atoms with Crippen LogP contribution in [-0.2, 0) is 0 Å². The zero-order chi connectivity index (χ0) is 21.2. The summed E-state index contributed by atoms with van der Waals surface area (Å²) in [6.45, 7) is 6.65. The van der Waals surface area contributed by atoms with E-state index in [4.69, 9.17) is 0 Å². The van der Waals surface area contributed by atoms with Crippen LogP contribution in [0.1, 0.15) is 18.5 Å². The molecule has 0 saturated carbocycles. The quantitative estimate of drug-likeness (QED) is 0.517. The lowest BCUT2D eigenvalue weighted by Crippen LogP contribution is -2.45. The number of nitrogens with zero attached hydrogens (tertiary/aromatic N) is 6. The maximum atomic E-state index is 4.66. The molecule has 1 fully saturated rings. The van der Waals surface area contributed by atoms with E-state index < -0.39 is 0 Å². The number of imidazole rings is 1. The lowest BCUT2D eigenvalue weighted by atomic mass is 10.1. The number of piperazine rings is 1. The Morgan fingerprint density at radius 1 is 1.00 bits per heavy atom. The highest BCUT2D eigenvalue weighted by Crippen LogP contribution is 2.26. The Morgan fingerprint density at radius 2 is 1.87 bits per heavy atom. The SMILES string of the molecule is CC(c1ccnc(Nc2nc3ccc(-c4ccncn4)cc3[nH]2)c1)N1CCN(C)CC1. The first-order valence-corrected chi connectivity index (χ1v) is 10.6. The molecule has 2 N–H and O–H groups in total. The maximum Gasteiger partial charge on any atom is 0.206 e. The van der Waals surface area contributed by atoms with Crippen molar-refractivity contribution in [2.75, 3.05) is 38.5 Å². The van der Waals surface area contributed by atoms with Crippen molar-refractivity contribution in [3.63, 3.8) is 0 Å². The van der Waals surface area contributed by atoms with Gasteiger partial charge in [-0.15, -0.1) is 0 Å². The molecule has 4 aromatic rings. The van der Waals surface area contributed by atoms with Crippen LogP contribution in [0, 0.1) is 0 Å². The highest BCUT2D eigenvalue weighted by molar-refractivity contribution is 5.83. The molecule has 8 nitrogen and oxygen atoms in total. The van der Waals surface area contributed by atoms with Gasteiger partial charge >= 0.3 is 0 Å². The second kappa shape index (κ2) is 8.41. The molecule has 0 radical (unpaired) electrons. The molecule has 1 atom stereocenters. The van der Waals surface area contributed by atoms with Crippen molar-refractivity contribution in [2.24, 2.45) is 0 Å². The van der Waals surface area contributed by atoms with Crippen LogP contribution in [0.15, 0.2) is 55.1 Å². The zero-order valence-electron chi connectivity index (χ0n) is 17.8. The number of nitrogens with one attached hydrogen (secondary N) is 2. The van der Waals surface area contributed by atoms with Gasteiger partial charge in [0.15, 0.2) is 0 Å². The Morgan fingerprint density at radius 3 is 2.68 bits per heavy atom. The van der Waals surface area contributed by atoms with Crippen molar-refractivity contribution in [2.45, 2.75) is 13.0 Å². The predicted molar refractivity (Wildman–Crippen MR) is 122 cm³/mol. The minimum Gasteiger partial charge on any atom is -0.324 e. The van der Waals surface area contributed by atoms with E-state index in [-0.39, 0.29) is 0 Å². The van der Waals surface area contributed by atoms with Crippen molar-refractivity contribution in [3.05, 3.63) is 60.7 Å². The molecule has 158 valence electrons. The Balaban J connectivity index is 1.34. The Kier molecular flexibility index (Phi) is 5.31. The number of aromatic amines is 1. The summed E-state index contributed by atoms with van der Waals surface area (Å²) in [5.41, 5.74) is 4.99. The second-order valence-electron chi connectivity index (χ2n) is 8.03. The molecule has 0 amide bonds. The summed E-state index contributed by atoms with van der Waals surface area (Å²) in [6, 6.07) is 12.5. The molecule has 1 saturated heterocycles. The number of anilines is 2. The third-order valence-electron chi connectivity index (χ3n) is 5.96. The molecule has 8 heteroatoms. The van der Waals surface area contributed by atoms with Crippen molar-refractivity contribution in [3.8, 4) is 11.3 Å². The number of aromatic nitrogens is 5. The van der Waals surface area contributed by atoms with Crippen molar-refractivity contribution in [1.82, 2.24) is 34.7 Å². The van der Waals surface area contributed by atoms with Gasteiger partial charge in [0.05, 0.1) is 16.7 Å². The van der Waals surface area contributed by atoms with Gasteiger partial charge in [-0.05, 0) is 49.9 Å². The predicted octanol–water partition coefficient (Wildman–Crippen LogP) is 3.47. The van der Waals surface area contributed by atoms with Gasteiger partial charge in [-0.2, -0.15) is 0 Å². The van der Waals surface area contributed by atoms with Gasteiger partial charge in [0.2, 0.25) is 5.95 Å². The van der Waals surface area contributed by atoms with E-state index in [2.05, 4.69) is 72.2 Å². The third-order valence-corrected chi connectivity index (χ3v) is 5.96. The molecule has 1 aliphatic rings. The van der Waals surface area contributed by atoms with Crippen LogP contribution in [0.5, 0.6) is 0 Å². The molecule has 3 aromatic heterocycles.